The molecule has 6 nitrogen and oxygen atoms in total. The SMILES string of the molecule is O=C(Cc1ccc(Cl)c(Cl)c1)C(=O)NCCCNC(=O)c1ccccn1. The second-order valence-electron chi connectivity index (χ2n) is 5.43. The highest BCUT2D eigenvalue weighted by atomic mass is 35.5. The molecule has 2 aromatic rings. The van der Waals surface area contributed by atoms with Crippen molar-refractivity contribution in [2.75, 3.05) is 13.1 Å². The number of benzene rings is 1. The van der Waals surface area contributed by atoms with Crippen LogP contribution in [0.15, 0.2) is 42.6 Å². The lowest BCUT2D eigenvalue weighted by atomic mass is 10.1. The highest BCUT2D eigenvalue weighted by molar-refractivity contribution is 6.42. The van der Waals surface area contributed by atoms with Gasteiger partial charge in [-0.2, -0.15) is 0 Å². The molecule has 1 aromatic carbocycles. The average Bonchev–Trinajstić information content (AvgIpc) is 2.64. The van der Waals surface area contributed by atoms with Crippen molar-refractivity contribution in [3.63, 3.8) is 0 Å². The Labute approximate surface area is 160 Å². The molecule has 0 bridgehead atoms. The second kappa shape index (κ2) is 9.89. The quantitative estimate of drug-likeness (QED) is 0.532. The summed E-state index contributed by atoms with van der Waals surface area (Å²) < 4.78 is 0. The Kier molecular flexibility index (Phi) is 7.56. The zero-order valence-electron chi connectivity index (χ0n) is 13.8. The zero-order chi connectivity index (χ0) is 18.9. The highest BCUT2D eigenvalue weighted by Crippen LogP contribution is 2.22. The van der Waals surface area contributed by atoms with E-state index < -0.39 is 11.7 Å². The summed E-state index contributed by atoms with van der Waals surface area (Å²) in [6.45, 7) is 0.630. The fourth-order valence-electron chi connectivity index (χ4n) is 2.09. The molecule has 136 valence electrons. The summed E-state index contributed by atoms with van der Waals surface area (Å²) in [5.41, 5.74) is 0.940. The van der Waals surface area contributed by atoms with E-state index in [-0.39, 0.29) is 18.9 Å². The van der Waals surface area contributed by atoms with Crippen LogP contribution in [0, 0.1) is 0 Å². The van der Waals surface area contributed by atoms with Gasteiger partial charge in [-0.1, -0.05) is 35.3 Å². The number of nitrogens with one attached hydrogen (secondary N) is 2. The Morgan fingerprint density at radius 2 is 1.73 bits per heavy atom. The molecular formula is C18H17Cl2N3O3. The van der Waals surface area contributed by atoms with E-state index in [1.165, 1.54) is 6.20 Å². The van der Waals surface area contributed by atoms with E-state index in [2.05, 4.69) is 15.6 Å². The van der Waals surface area contributed by atoms with Gasteiger partial charge in [0.25, 0.3) is 11.8 Å². The van der Waals surface area contributed by atoms with Crippen LogP contribution in [0.4, 0.5) is 0 Å². The van der Waals surface area contributed by atoms with Crippen LogP contribution in [0.3, 0.4) is 0 Å². The van der Waals surface area contributed by atoms with Crippen LogP contribution in [0.25, 0.3) is 0 Å². The summed E-state index contributed by atoms with van der Waals surface area (Å²) in [6, 6.07) is 9.84. The van der Waals surface area contributed by atoms with Crippen LogP contribution in [-0.4, -0.2) is 35.7 Å². The van der Waals surface area contributed by atoms with Gasteiger partial charge in [-0.05, 0) is 36.2 Å². The number of pyridine rings is 1. The average molecular weight is 394 g/mol. The summed E-state index contributed by atoms with van der Waals surface area (Å²) in [5.74, 6) is -1.53. The van der Waals surface area contributed by atoms with E-state index in [4.69, 9.17) is 23.2 Å². The molecule has 0 atom stereocenters. The predicted octanol–water partition coefficient (Wildman–Crippen LogP) is 2.44. The molecule has 1 heterocycles. The maximum atomic E-state index is 11.9. The Hall–Kier alpha value is -2.44. The zero-order valence-corrected chi connectivity index (χ0v) is 15.3. The molecule has 2 rings (SSSR count). The molecule has 2 N–H and O–H groups in total. The number of carbonyl (C=O) groups excluding carboxylic acids is 3. The van der Waals surface area contributed by atoms with Gasteiger partial charge in [-0.25, -0.2) is 0 Å². The topological polar surface area (TPSA) is 88.2 Å². The molecule has 0 aliphatic carbocycles. The van der Waals surface area contributed by atoms with Crippen LogP contribution in [-0.2, 0) is 16.0 Å². The number of hydrogen-bond donors (Lipinski definition) is 2. The molecule has 0 fully saturated rings. The van der Waals surface area contributed by atoms with E-state index in [0.717, 1.165) is 0 Å². The molecule has 0 spiro atoms. The standard InChI is InChI=1S/C18H17Cl2N3O3/c19-13-6-5-12(10-14(13)20)11-16(24)18(26)23-9-3-8-22-17(25)15-4-1-2-7-21-15/h1-2,4-7,10H,3,8-9,11H2,(H,22,25)(H,23,26). The van der Waals surface area contributed by atoms with Gasteiger partial charge in [0.15, 0.2) is 0 Å². The number of halogens is 2. The molecule has 0 aliphatic rings. The van der Waals surface area contributed by atoms with Crippen LogP contribution >= 0.6 is 23.2 Å². The summed E-state index contributed by atoms with van der Waals surface area (Å²) >= 11 is 11.7. The van der Waals surface area contributed by atoms with Crippen molar-refractivity contribution < 1.29 is 14.4 Å². The summed E-state index contributed by atoms with van der Waals surface area (Å²) in [4.78, 5) is 39.4. The van der Waals surface area contributed by atoms with Crippen molar-refractivity contribution in [2.24, 2.45) is 0 Å². The van der Waals surface area contributed by atoms with E-state index in [9.17, 15) is 14.4 Å². The smallest absolute Gasteiger partial charge is 0.287 e. The number of hydrogen-bond acceptors (Lipinski definition) is 4. The first-order valence-corrected chi connectivity index (χ1v) is 8.67. The predicted molar refractivity (Wildman–Crippen MR) is 99.4 cm³/mol. The molecule has 8 heteroatoms. The van der Waals surface area contributed by atoms with E-state index in [1.807, 2.05) is 0 Å². The lowest BCUT2D eigenvalue weighted by Crippen LogP contribution is -2.34. The molecule has 2 amide bonds. The molecule has 0 unspecified atom stereocenters. The third-order valence-corrected chi connectivity index (χ3v) is 4.16. The van der Waals surface area contributed by atoms with E-state index >= 15 is 0 Å². The van der Waals surface area contributed by atoms with Gasteiger partial charge in [0.05, 0.1) is 10.0 Å². The Morgan fingerprint density at radius 1 is 0.962 bits per heavy atom. The van der Waals surface area contributed by atoms with Crippen molar-refractivity contribution >= 4 is 40.8 Å². The number of Topliss-reactive ketones (excluding diaryl/α,β-unsaturated/α-hetero) is 1. The fourth-order valence-corrected chi connectivity index (χ4v) is 2.41. The van der Waals surface area contributed by atoms with Gasteiger partial charge in [-0.3, -0.25) is 19.4 Å². The van der Waals surface area contributed by atoms with Crippen molar-refractivity contribution in [1.29, 1.82) is 0 Å². The van der Waals surface area contributed by atoms with E-state index in [1.54, 1.807) is 36.4 Å². The number of nitrogens with zero attached hydrogens (tertiary/aromatic N) is 1. The van der Waals surface area contributed by atoms with Gasteiger partial charge in [0.1, 0.15) is 5.69 Å². The van der Waals surface area contributed by atoms with Crippen LogP contribution < -0.4 is 10.6 Å². The lowest BCUT2D eigenvalue weighted by Gasteiger charge is -2.07. The van der Waals surface area contributed by atoms with Crippen molar-refractivity contribution in [2.45, 2.75) is 12.8 Å². The van der Waals surface area contributed by atoms with Gasteiger partial charge in [-0.15, -0.1) is 0 Å². The van der Waals surface area contributed by atoms with Crippen molar-refractivity contribution in [1.82, 2.24) is 15.6 Å². The Morgan fingerprint density at radius 3 is 2.42 bits per heavy atom. The third-order valence-electron chi connectivity index (χ3n) is 3.42. The summed E-state index contributed by atoms with van der Waals surface area (Å²) in [7, 11) is 0. The molecule has 0 saturated carbocycles. The summed E-state index contributed by atoms with van der Waals surface area (Å²) in [5, 5.41) is 5.94. The number of rotatable bonds is 8. The maximum absolute atomic E-state index is 11.9. The lowest BCUT2D eigenvalue weighted by molar-refractivity contribution is -0.137. The first kappa shape index (κ1) is 19.9. The molecule has 26 heavy (non-hydrogen) atoms. The minimum atomic E-state index is -0.674. The minimum Gasteiger partial charge on any atom is -0.351 e. The first-order valence-electron chi connectivity index (χ1n) is 7.91. The van der Waals surface area contributed by atoms with E-state index in [0.29, 0.717) is 34.3 Å². The monoisotopic (exact) mass is 393 g/mol. The molecule has 0 radical (unpaired) electrons. The highest BCUT2D eigenvalue weighted by Gasteiger charge is 2.14. The van der Waals surface area contributed by atoms with Crippen LogP contribution in [0.5, 0.6) is 0 Å². The largest absolute Gasteiger partial charge is 0.351 e. The molecule has 0 aliphatic heterocycles. The Balaban J connectivity index is 1.67. The van der Waals surface area contributed by atoms with Crippen LogP contribution in [0.1, 0.15) is 22.5 Å². The molecule has 0 saturated heterocycles. The third kappa shape index (κ3) is 6.13. The van der Waals surface area contributed by atoms with Gasteiger partial charge in [0.2, 0.25) is 5.78 Å². The van der Waals surface area contributed by atoms with Gasteiger partial charge in [0, 0.05) is 25.7 Å². The summed E-state index contributed by atoms with van der Waals surface area (Å²) in [6.07, 6.45) is 1.97. The molecular weight excluding hydrogens is 377 g/mol. The normalized spacial score (nSPS) is 10.2. The number of carbonyl (C=O) groups is 3. The van der Waals surface area contributed by atoms with Gasteiger partial charge < -0.3 is 10.6 Å². The second-order valence-corrected chi connectivity index (χ2v) is 6.24. The number of aromatic nitrogens is 1. The minimum absolute atomic E-state index is 0.0564. The van der Waals surface area contributed by atoms with Gasteiger partial charge >= 0.3 is 0 Å². The fraction of sp³-hybridized carbons (Fsp3) is 0.222. The van der Waals surface area contributed by atoms with Crippen molar-refractivity contribution in [3.05, 3.63) is 63.9 Å². The molecule has 1 aromatic heterocycles. The van der Waals surface area contributed by atoms with Crippen LogP contribution in [0.2, 0.25) is 10.0 Å². The number of ketones is 1. The van der Waals surface area contributed by atoms with Crippen molar-refractivity contribution in [3.8, 4) is 0 Å². The Bertz CT molecular complexity index is 798. The maximum Gasteiger partial charge on any atom is 0.287 e. The number of amides is 2. The first-order chi connectivity index (χ1) is 12.5.